The van der Waals surface area contributed by atoms with E-state index in [0.29, 0.717) is 38.5 Å². The normalized spacial score (nSPS) is 14.9. The Morgan fingerprint density at radius 3 is 0.873 bits per heavy atom. The van der Waals surface area contributed by atoms with Crippen molar-refractivity contribution in [1.29, 1.82) is 0 Å². The minimum atomic E-state index is -5.00. The molecule has 0 saturated heterocycles. The summed E-state index contributed by atoms with van der Waals surface area (Å²) in [6.07, 6.45) is 86.6. The van der Waals surface area contributed by atoms with Gasteiger partial charge in [-0.1, -0.05) is 281 Å². The van der Waals surface area contributed by atoms with E-state index in [4.69, 9.17) is 37.0 Å². The number of aliphatic hydroxyl groups excluding tert-OH is 1. The lowest BCUT2D eigenvalue weighted by molar-refractivity contribution is -0.161. The summed E-state index contributed by atoms with van der Waals surface area (Å²) in [5.41, 5.74) is 0. The van der Waals surface area contributed by atoms with Crippen molar-refractivity contribution in [2.24, 2.45) is 0 Å². The van der Waals surface area contributed by atoms with Crippen LogP contribution in [-0.2, 0) is 65.4 Å². The first-order chi connectivity index (χ1) is 49.7. The minimum Gasteiger partial charge on any atom is -0.462 e. The van der Waals surface area contributed by atoms with Crippen LogP contribution >= 0.6 is 15.6 Å². The largest absolute Gasteiger partial charge is 0.472 e. The first-order valence-corrected chi connectivity index (χ1v) is 41.4. The summed E-state index contributed by atoms with van der Waals surface area (Å²) in [6.45, 7) is 4.33. The Morgan fingerprint density at radius 2 is 0.539 bits per heavy atom. The van der Waals surface area contributed by atoms with Gasteiger partial charge in [0.25, 0.3) is 0 Å². The predicted molar refractivity (Wildman–Crippen MR) is 417 cm³/mol. The SMILES string of the molecule is CC/C=C\C/C=C\C/C=C\C/C=C\C/C=C\C/C=C\CCC(=O)OCC(COP(=O)(O)OCC(O)COP(=O)(O)OCC(COC(=O)CCC/C=C\C/C=C\C/C=C\C/C=C\C/C=C\CC)OC(=O)CCCCCCC/C=C\C/C=C\C/C=C\CC)OC(=O)CCCCCCCCCCCCC. The van der Waals surface area contributed by atoms with Crippen LogP contribution in [0, 0.1) is 0 Å². The maximum absolute atomic E-state index is 13.1. The molecule has 0 aliphatic rings. The number of phosphoric acid groups is 2. The standard InChI is InChI=1S/C83H134O17P2/c1-5-9-13-17-21-25-29-32-35-37-38-40-43-45-49-52-56-60-64-68-80(85)93-73-78(99-82(87)69-65-61-57-53-47-28-24-20-16-12-8-4)75-97-101(89,90)95-71-77(84)72-96-102(91,92)98-76-79(100-83(88)70-66-62-58-54-50-46-41-34-31-27-23-19-15-11-7-3)74-94-81(86)67-63-59-55-51-48-44-42-39-36-33-30-26-22-18-14-10-6-2/h9-11,13-15,21-23,25-27,32-36,38,40-42,44-45,49,51,55-56,60,77-79,84H,5-8,12,16-20,24,28-31,37,39,43,46-48,50,52-54,57-59,61-76H2,1-4H3,(H,89,90)(H,91,92)/b13-9-,14-10-,15-11-,25-21-,26-22-,27-23-,35-32-,36-33-,40-38-,41-34-,44-42-,49-45-,55-51-,60-56-. The summed E-state index contributed by atoms with van der Waals surface area (Å²) in [7, 11) is -10.0. The van der Waals surface area contributed by atoms with Gasteiger partial charge in [0.2, 0.25) is 0 Å². The van der Waals surface area contributed by atoms with Crippen molar-refractivity contribution in [1.82, 2.24) is 0 Å². The zero-order chi connectivity index (χ0) is 74.6. The zero-order valence-corrected chi connectivity index (χ0v) is 64.8. The Morgan fingerprint density at radius 1 is 0.284 bits per heavy atom. The highest BCUT2D eigenvalue weighted by Gasteiger charge is 2.30. The third-order valence-electron chi connectivity index (χ3n) is 15.2. The minimum absolute atomic E-state index is 0.0312. The van der Waals surface area contributed by atoms with E-state index in [1.165, 1.54) is 38.5 Å². The van der Waals surface area contributed by atoms with E-state index < -0.39 is 97.5 Å². The van der Waals surface area contributed by atoms with Gasteiger partial charge in [0.05, 0.1) is 26.4 Å². The molecule has 578 valence electrons. The van der Waals surface area contributed by atoms with Crippen molar-refractivity contribution < 1.29 is 80.2 Å². The number of phosphoric ester groups is 2. The van der Waals surface area contributed by atoms with Gasteiger partial charge in [-0.25, -0.2) is 9.13 Å². The quantitative estimate of drug-likeness (QED) is 0.0169. The van der Waals surface area contributed by atoms with Crippen LogP contribution in [0.25, 0.3) is 0 Å². The molecule has 17 nitrogen and oxygen atoms in total. The van der Waals surface area contributed by atoms with Gasteiger partial charge < -0.3 is 33.8 Å². The van der Waals surface area contributed by atoms with Gasteiger partial charge in [-0.3, -0.25) is 37.3 Å². The third kappa shape index (κ3) is 72.8. The fraction of sp³-hybridized carbons (Fsp3) is 0.614. The number of unbranched alkanes of at least 4 members (excludes halogenated alkanes) is 16. The average molecular weight is 1470 g/mol. The van der Waals surface area contributed by atoms with Gasteiger partial charge in [0.1, 0.15) is 19.3 Å². The molecule has 5 unspecified atom stereocenters. The Labute approximate surface area is 616 Å². The molecule has 0 aliphatic heterocycles. The summed E-state index contributed by atoms with van der Waals surface area (Å²) >= 11 is 0. The van der Waals surface area contributed by atoms with E-state index in [1.54, 1.807) is 0 Å². The topological polar surface area (TPSA) is 237 Å². The lowest BCUT2D eigenvalue weighted by atomic mass is 10.1. The second-order valence-electron chi connectivity index (χ2n) is 24.8. The van der Waals surface area contributed by atoms with Crippen LogP contribution in [0.2, 0.25) is 0 Å². The molecule has 0 radical (unpaired) electrons. The molecule has 0 aromatic heterocycles. The number of esters is 4. The van der Waals surface area contributed by atoms with E-state index >= 15 is 0 Å². The maximum atomic E-state index is 13.1. The van der Waals surface area contributed by atoms with Crippen LogP contribution in [0.3, 0.4) is 0 Å². The van der Waals surface area contributed by atoms with Crippen molar-refractivity contribution in [2.75, 3.05) is 39.6 Å². The van der Waals surface area contributed by atoms with Crippen molar-refractivity contribution in [3.8, 4) is 0 Å². The van der Waals surface area contributed by atoms with Crippen LogP contribution in [-0.4, -0.2) is 96.7 Å². The molecule has 0 aromatic rings. The highest BCUT2D eigenvalue weighted by atomic mass is 31.2. The second kappa shape index (κ2) is 73.7. The first-order valence-electron chi connectivity index (χ1n) is 38.4. The highest BCUT2D eigenvalue weighted by Crippen LogP contribution is 2.45. The smallest absolute Gasteiger partial charge is 0.462 e. The number of hydrogen-bond acceptors (Lipinski definition) is 15. The zero-order valence-electron chi connectivity index (χ0n) is 63.0. The van der Waals surface area contributed by atoms with E-state index in [9.17, 15) is 43.2 Å². The molecule has 5 atom stereocenters. The average Bonchev–Trinajstić information content (AvgIpc) is 0.926. The van der Waals surface area contributed by atoms with Gasteiger partial charge >= 0.3 is 39.5 Å². The first kappa shape index (κ1) is 96.4. The van der Waals surface area contributed by atoms with Gasteiger partial charge in [0, 0.05) is 25.7 Å². The molecular formula is C83H134O17P2. The number of carbonyl (C=O) groups excluding carboxylic acids is 4. The van der Waals surface area contributed by atoms with Gasteiger partial charge in [0.15, 0.2) is 12.2 Å². The van der Waals surface area contributed by atoms with Crippen LogP contribution in [0.1, 0.15) is 272 Å². The molecule has 3 N–H and O–H groups in total. The summed E-state index contributed by atoms with van der Waals surface area (Å²) in [4.78, 5) is 72.8. The number of rotatable bonds is 70. The van der Waals surface area contributed by atoms with Crippen LogP contribution < -0.4 is 0 Å². The van der Waals surface area contributed by atoms with E-state index in [2.05, 4.69) is 167 Å². The molecule has 0 spiro atoms. The summed E-state index contributed by atoms with van der Waals surface area (Å²) in [6, 6.07) is 0. The summed E-state index contributed by atoms with van der Waals surface area (Å²) in [5.74, 6) is -2.37. The molecule has 0 saturated carbocycles. The lowest BCUT2D eigenvalue weighted by Gasteiger charge is -2.21. The van der Waals surface area contributed by atoms with Gasteiger partial charge in [-0.15, -0.1) is 0 Å². The van der Waals surface area contributed by atoms with Gasteiger partial charge in [-0.05, 0) is 135 Å². The van der Waals surface area contributed by atoms with E-state index in [1.807, 2.05) is 30.4 Å². The van der Waals surface area contributed by atoms with Crippen molar-refractivity contribution >= 4 is 39.5 Å². The Kier molecular flexibility index (Phi) is 69.7. The summed E-state index contributed by atoms with van der Waals surface area (Å²) in [5, 5.41) is 10.6. The molecule has 19 heteroatoms. The monoisotopic (exact) mass is 1460 g/mol. The van der Waals surface area contributed by atoms with Crippen LogP contribution in [0.15, 0.2) is 170 Å². The van der Waals surface area contributed by atoms with Crippen LogP contribution in [0.4, 0.5) is 0 Å². The Balaban J connectivity index is 5.46. The fourth-order valence-corrected chi connectivity index (χ4v) is 11.1. The van der Waals surface area contributed by atoms with E-state index in [0.717, 1.165) is 141 Å². The molecule has 0 amide bonds. The molecule has 0 aliphatic carbocycles. The number of hydrogen-bond donors (Lipinski definition) is 3. The second-order valence-corrected chi connectivity index (χ2v) is 27.7. The van der Waals surface area contributed by atoms with E-state index in [-0.39, 0.29) is 25.7 Å². The van der Waals surface area contributed by atoms with Crippen molar-refractivity contribution in [3.63, 3.8) is 0 Å². The molecule has 0 bridgehead atoms. The summed E-state index contributed by atoms with van der Waals surface area (Å²) < 4.78 is 68.3. The third-order valence-corrected chi connectivity index (χ3v) is 17.1. The number of aliphatic hydroxyl groups is 1. The molecular weight excluding hydrogens is 1330 g/mol. The predicted octanol–water partition coefficient (Wildman–Crippen LogP) is 22.2. The van der Waals surface area contributed by atoms with Crippen molar-refractivity contribution in [2.45, 2.75) is 290 Å². The van der Waals surface area contributed by atoms with Crippen LogP contribution in [0.5, 0.6) is 0 Å². The molecule has 0 aromatic carbocycles. The Bertz CT molecular complexity index is 2600. The number of carbonyl (C=O) groups is 4. The fourth-order valence-electron chi connectivity index (χ4n) is 9.47. The van der Waals surface area contributed by atoms with Gasteiger partial charge in [-0.2, -0.15) is 0 Å². The molecule has 0 heterocycles. The molecule has 102 heavy (non-hydrogen) atoms. The molecule has 0 fully saturated rings. The molecule has 0 rings (SSSR count). The highest BCUT2D eigenvalue weighted by molar-refractivity contribution is 7.47. The maximum Gasteiger partial charge on any atom is 0.472 e. The van der Waals surface area contributed by atoms with Crippen molar-refractivity contribution in [3.05, 3.63) is 170 Å². The number of ether oxygens (including phenoxy) is 4. The lowest BCUT2D eigenvalue weighted by Crippen LogP contribution is -2.30. The number of allylic oxidation sites excluding steroid dienone is 28. The Hall–Kier alpha value is -5.58.